The van der Waals surface area contributed by atoms with Crippen molar-refractivity contribution in [1.82, 2.24) is 0 Å². The number of carbonyl (C=O) groups is 1. The normalized spacial score (nSPS) is 20.2. The van der Waals surface area contributed by atoms with E-state index >= 15 is 0 Å². The number of hydrogen-bond donors (Lipinski definition) is 1. The maximum absolute atomic E-state index is 11.8. The quantitative estimate of drug-likeness (QED) is 0.907. The highest BCUT2D eigenvalue weighted by atomic mass is 16.4. The molecule has 0 aliphatic heterocycles. The van der Waals surface area contributed by atoms with Gasteiger partial charge in [0.15, 0.2) is 0 Å². The van der Waals surface area contributed by atoms with E-state index < -0.39 is 11.4 Å². The summed E-state index contributed by atoms with van der Waals surface area (Å²) < 4.78 is 0. The zero-order valence-corrected chi connectivity index (χ0v) is 10.4. The first kappa shape index (κ1) is 11.7. The van der Waals surface area contributed by atoms with Crippen LogP contribution in [0.2, 0.25) is 0 Å². The first-order valence-electron chi connectivity index (χ1n) is 6.28. The minimum absolute atomic E-state index is 0.483. The average Bonchev–Trinajstić information content (AvgIpc) is 2.81. The molecule has 0 spiro atoms. The van der Waals surface area contributed by atoms with Crippen LogP contribution in [0.5, 0.6) is 0 Å². The van der Waals surface area contributed by atoms with Crippen LogP contribution in [0.25, 0.3) is 6.08 Å². The van der Waals surface area contributed by atoms with Gasteiger partial charge in [-0.3, -0.25) is 4.79 Å². The van der Waals surface area contributed by atoms with Crippen LogP contribution in [0.3, 0.4) is 0 Å². The van der Waals surface area contributed by atoms with Crippen LogP contribution in [0, 0.1) is 0 Å². The van der Waals surface area contributed by atoms with Gasteiger partial charge in [0.25, 0.3) is 0 Å². The van der Waals surface area contributed by atoms with E-state index in [0.717, 1.165) is 16.7 Å². The molecule has 0 bridgehead atoms. The molecule has 0 fully saturated rings. The fraction of sp³-hybridized carbons (Fsp3) is 0.118. The van der Waals surface area contributed by atoms with E-state index in [0.29, 0.717) is 6.42 Å². The Morgan fingerprint density at radius 3 is 2.42 bits per heavy atom. The molecule has 2 heteroatoms. The lowest BCUT2D eigenvalue weighted by molar-refractivity contribution is -0.141. The van der Waals surface area contributed by atoms with E-state index in [1.807, 2.05) is 66.7 Å². The number of carboxylic acids is 1. The first-order valence-corrected chi connectivity index (χ1v) is 6.28. The van der Waals surface area contributed by atoms with Gasteiger partial charge in [-0.25, -0.2) is 0 Å². The van der Waals surface area contributed by atoms with Gasteiger partial charge in [0.1, 0.15) is 5.41 Å². The van der Waals surface area contributed by atoms with Crippen molar-refractivity contribution < 1.29 is 9.90 Å². The summed E-state index contributed by atoms with van der Waals surface area (Å²) in [5.41, 5.74) is 1.98. The number of rotatable bonds is 3. The van der Waals surface area contributed by atoms with E-state index in [1.165, 1.54) is 0 Å². The smallest absolute Gasteiger partial charge is 0.318 e. The third-order valence-electron chi connectivity index (χ3n) is 3.70. The van der Waals surface area contributed by atoms with Crippen LogP contribution in [0.1, 0.15) is 16.7 Å². The Morgan fingerprint density at radius 1 is 1.00 bits per heavy atom. The van der Waals surface area contributed by atoms with Crippen molar-refractivity contribution in [3.05, 3.63) is 77.4 Å². The van der Waals surface area contributed by atoms with Crippen LogP contribution in [0.4, 0.5) is 0 Å². The molecule has 2 aromatic rings. The van der Waals surface area contributed by atoms with Crippen molar-refractivity contribution in [3.63, 3.8) is 0 Å². The molecule has 0 saturated carbocycles. The summed E-state index contributed by atoms with van der Waals surface area (Å²) in [5.74, 6) is -0.794. The summed E-state index contributed by atoms with van der Waals surface area (Å²) in [4.78, 5) is 11.8. The third-order valence-corrected chi connectivity index (χ3v) is 3.70. The van der Waals surface area contributed by atoms with Gasteiger partial charge in [-0.2, -0.15) is 0 Å². The summed E-state index contributed by atoms with van der Waals surface area (Å²) >= 11 is 0. The molecule has 19 heavy (non-hydrogen) atoms. The second-order valence-electron chi connectivity index (χ2n) is 4.86. The van der Waals surface area contributed by atoms with Gasteiger partial charge in [0, 0.05) is 0 Å². The highest BCUT2D eigenvalue weighted by Crippen LogP contribution is 2.38. The summed E-state index contributed by atoms with van der Waals surface area (Å²) in [7, 11) is 0. The topological polar surface area (TPSA) is 37.3 Å². The van der Waals surface area contributed by atoms with E-state index in [9.17, 15) is 9.90 Å². The Bertz CT molecular complexity index is 643. The van der Waals surface area contributed by atoms with Crippen molar-refractivity contribution in [3.8, 4) is 0 Å². The lowest BCUT2D eigenvalue weighted by atomic mass is 9.77. The Hall–Kier alpha value is -2.35. The molecular formula is C17H14O2. The SMILES string of the molecule is O=C(O)C1(Cc2ccccc2)C=Cc2ccccc21. The second kappa shape index (κ2) is 4.39. The molecule has 1 atom stereocenters. The molecule has 3 rings (SSSR count). The summed E-state index contributed by atoms with van der Waals surface area (Å²) in [6.45, 7) is 0. The average molecular weight is 250 g/mol. The Morgan fingerprint density at radius 2 is 1.68 bits per heavy atom. The van der Waals surface area contributed by atoms with Crippen LogP contribution in [-0.4, -0.2) is 11.1 Å². The van der Waals surface area contributed by atoms with Gasteiger partial charge in [0.05, 0.1) is 0 Å². The summed E-state index contributed by atoms with van der Waals surface area (Å²) in [5, 5.41) is 9.72. The minimum atomic E-state index is -0.933. The molecule has 1 unspecified atom stereocenters. The van der Waals surface area contributed by atoms with E-state index in [-0.39, 0.29) is 0 Å². The van der Waals surface area contributed by atoms with Gasteiger partial charge in [-0.05, 0) is 23.1 Å². The fourth-order valence-electron chi connectivity index (χ4n) is 2.70. The fourth-order valence-corrected chi connectivity index (χ4v) is 2.70. The molecule has 1 N–H and O–H groups in total. The van der Waals surface area contributed by atoms with Crippen molar-refractivity contribution >= 4 is 12.0 Å². The third kappa shape index (κ3) is 1.85. The molecule has 0 heterocycles. The zero-order chi connectivity index (χ0) is 13.3. The Kier molecular flexibility index (Phi) is 2.71. The Balaban J connectivity index is 2.08. The van der Waals surface area contributed by atoms with Gasteiger partial charge < -0.3 is 5.11 Å². The zero-order valence-electron chi connectivity index (χ0n) is 10.4. The largest absolute Gasteiger partial charge is 0.480 e. The van der Waals surface area contributed by atoms with Gasteiger partial charge in [-0.1, -0.05) is 66.7 Å². The number of hydrogen-bond acceptors (Lipinski definition) is 1. The summed E-state index contributed by atoms with van der Waals surface area (Å²) in [6, 6.07) is 17.5. The number of benzene rings is 2. The molecule has 0 amide bonds. The first-order chi connectivity index (χ1) is 9.22. The van der Waals surface area contributed by atoms with Crippen LogP contribution in [0.15, 0.2) is 60.7 Å². The molecule has 0 saturated heterocycles. The minimum Gasteiger partial charge on any atom is -0.480 e. The predicted molar refractivity (Wildman–Crippen MR) is 74.9 cm³/mol. The molecule has 94 valence electrons. The molecule has 0 radical (unpaired) electrons. The second-order valence-corrected chi connectivity index (χ2v) is 4.86. The highest BCUT2D eigenvalue weighted by Gasteiger charge is 2.42. The monoisotopic (exact) mass is 250 g/mol. The number of carboxylic acid groups (broad SMARTS) is 1. The van der Waals surface area contributed by atoms with Crippen molar-refractivity contribution in [2.24, 2.45) is 0 Å². The molecule has 1 aliphatic rings. The van der Waals surface area contributed by atoms with E-state index in [2.05, 4.69) is 0 Å². The number of aliphatic carboxylic acids is 1. The lowest BCUT2D eigenvalue weighted by Gasteiger charge is -2.24. The molecule has 2 nitrogen and oxygen atoms in total. The van der Waals surface area contributed by atoms with Crippen molar-refractivity contribution in [2.45, 2.75) is 11.8 Å². The van der Waals surface area contributed by atoms with Crippen LogP contribution < -0.4 is 0 Å². The lowest BCUT2D eigenvalue weighted by Crippen LogP contribution is -2.34. The van der Waals surface area contributed by atoms with Gasteiger partial charge >= 0.3 is 5.97 Å². The van der Waals surface area contributed by atoms with Crippen LogP contribution in [-0.2, 0) is 16.6 Å². The number of fused-ring (bicyclic) bond motifs is 1. The molecular weight excluding hydrogens is 236 g/mol. The van der Waals surface area contributed by atoms with Gasteiger partial charge in [0.2, 0.25) is 0 Å². The summed E-state index contributed by atoms with van der Waals surface area (Å²) in [6.07, 6.45) is 4.20. The Labute approximate surface area is 112 Å². The molecule has 0 aromatic heterocycles. The standard InChI is InChI=1S/C17H14O2/c18-16(19)17(12-13-6-2-1-3-7-13)11-10-14-8-4-5-9-15(14)17/h1-11H,12H2,(H,18,19). The van der Waals surface area contributed by atoms with E-state index in [1.54, 1.807) is 0 Å². The van der Waals surface area contributed by atoms with E-state index in [4.69, 9.17) is 0 Å². The predicted octanol–water partition coefficient (Wildman–Crippen LogP) is 3.28. The molecule has 2 aromatic carbocycles. The maximum atomic E-state index is 11.8. The maximum Gasteiger partial charge on any atom is 0.318 e. The van der Waals surface area contributed by atoms with Crippen molar-refractivity contribution in [1.29, 1.82) is 0 Å². The molecule has 1 aliphatic carbocycles. The van der Waals surface area contributed by atoms with Crippen molar-refractivity contribution in [2.75, 3.05) is 0 Å². The van der Waals surface area contributed by atoms with Gasteiger partial charge in [-0.15, -0.1) is 0 Å². The highest BCUT2D eigenvalue weighted by molar-refractivity contribution is 5.90. The van der Waals surface area contributed by atoms with Crippen LogP contribution >= 0.6 is 0 Å².